The molecule has 1 unspecified atom stereocenters. The van der Waals surface area contributed by atoms with Gasteiger partial charge in [0, 0.05) is 18.8 Å². The molecule has 1 saturated heterocycles. The van der Waals surface area contributed by atoms with Crippen LogP contribution in [-0.4, -0.2) is 22.5 Å². The van der Waals surface area contributed by atoms with E-state index in [0.29, 0.717) is 6.10 Å². The zero-order chi connectivity index (χ0) is 10.8. The Hall–Kier alpha value is -0.350. The van der Waals surface area contributed by atoms with Crippen molar-refractivity contribution in [1.82, 2.24) is 9.78 Å². The smallest absolute Gasteiger partial charge is 0.0738 e. The molecular weight excluding hydrogens is 256 g/mol. The van der Waals surface area contributed by atoms with Crippen molar-refractivity contribution in [2.75, 3.05) is 6.61 Å². The molecule has 1 aliphatic rings. The lowest BCUT2D eigenvalue weighted by molar-refractivity contribution is 0.0992. The molecule has 0 aliphatic carbocycles. The van der Waals surface area contributed by atoms with Crippen molar-refractivity contribution < 1.29 is 4.74 Å². The second kappa shape index (κ2) is 4.66. The van der Waals surface area contributed by atoms with Crippen LogP contribution in [0.5, 0.6) is 0 Å². The highest BCUT2D eigenvalue weighted by Crippen LogP contribution is 2.21. The topological polar surface area (TPSA) is 27.1 Å². The zero-order valence-electron chi connectivity index (χ0n) is 9.29. The van der Waals surface area contributed by atoms with E-state index in [2.05, 4.69) is 32.6 Å². The maximum atomic E-state index is 5.60. The fraction of sp³-hybridized carbons (Fsp3) is 0.727. The van der Waals surface area contributed by atoms with E-state index >= 15 is 0 Å². The summed E-state index contributed by atoms with van der Waals surface area (Å²) in [5, 5.41) is 4.48. The molecule has 0 radical (unpaired) electrons. The molecule has 84 valence electrons. The molecule has 0 amide bonds. The SMILES string of the molecule is Cc1nn(CCC2CCCO2)c(C)c1Br. The minimum absolute atomic E-state index is 0.452. The molecule has 1 aromatic rings. The monoisotopic (exact) mass is 272 g/mol. The third kappa shape index (κ3) is 2.42. The summed E-state index contributed by atoms with van der Waals surface area (Å²) in [5.74, 6) is 0. The average Bonchev–Trinajstić information content (AvgIpc) is 2.80. The molecular formula is C11H17BrN2O. The third-order valence-corrected chi connectivity index (χ3v) is 4.13. The van der Waals surface area contributed by atoms with Crippen molar-refractivity contribution in [3.63, 3.8) is 0 Å². The van der Waals surface area contributed by atoms with Gasteiger partial charge in [-0.05, 0) is 49.0 Å². The van der Waals surface area contributed by atoms with Crippen LogP contribution in [0.25, 0.3) is 0 Å². The van der Waals surface area contributed by atoms with Gasteiger partial charge in [0.25, 0.3) is 0 Å². The van der Waals surface area contributed by atoms with Gasteiger partial charge in [0.15, 0.2) is 0 Å². The summed E-state index contributed by atoms with van der Waals surface area (Å²) in [5.41, 5.74) is 2.28. The summed E-state index contributed by atoms with van der Waals surface area (Å²) >= 11 is 3.54. The van der Waals surface area contributed by atoms with Gasteiger partial charge in [-0.1, -0.05) is 0 Å². The maximum Gasteiger partial charge on any atom is 0.0738 e. The Balaban J connectivity index is 1.95. The second-order valence-electron chi connectivity index (χ2n) is 4.13. The maximum absolute atomic E-state index is 5.60. The molecule has 15 heavy (non-hydrogen) atoms. The molecule has 0 N–H and O–H groups in total. The van der Waals surface area contributed by atoms with Crippen LogP contribution in [0.2, 0.25) is 0 Å². The molecule has 0 bridgehead atoms. The van der Waals surface area contributed by atoms with Crippen LogP contribution in [0.4, 0.5) is 0 Å². The molecule has 4 heteroatoms. The van der Waals surface area contributed by atoms with Crippen molar-refractivity contribution in [1.29, 1.82) is 0 Å². The molecule has 0 aromatic carbocycles. The van der Waals surface area contributed by atoms with E-state index in [1.807, 2.05) is 6.92 Å². The highest BCUT2D eigenvalue weighted by Gasteiger charge is 2.16. The fourth-order valence-corrected chi connectivity index (χ4v) is 2.32. The molecule has 1 fully saturated rings. The highest BCUT2D eigenvalue weighted by atomic mass is 79.9. The van der Waals surface area contributed by atoms with Gasteiger partial charge in [0.2, 0.25) is 0 Å². The van der Waals surface area contributed by atoms with Crippen LogP contribution in [0.15, 0.2) is 4.47 Å². The normalized spacial score (nSPS) is 21.1. The molecule has 1 aromatic heterocycles. The van der Waals surface area contributed by atoms with E-state index in [4.69, 9.17) is 4.74 Å². The van der Waals surface area contributed by atoms with Gasteiger partial charge in [-0.25, -0.2) is 0 Å². The van der Waals surface area contributed by atoms with Gasteiger partial charge in [0.1, 0.15) is 0 Å². The first kappa shape index (κ1) is 11.1. The summed E-state index contributed by atoms with van der Waals surface area (Å²) in [7, 11) is 0. The minimum atomic E-state index is 0.452. The Bertz CT molecular complexity index is 343. The van der Waals surface area contributed by atoms with Crippen molar-refractivity contribution in [2.45, 2.75) is 45.8 Å². The predicted molar refractivity (Wildman–Crippen MR) is 63.0 cm³/mol. The second-order valence-corrected chi connectivity index (χ2v) is 4.92. The fourth-order valence-electron chi connectivity index (χ4n) is 2.03. The van der Waals surface area contributed by atoms with Gasteiger partial charge in [-0.3, -0.25) is 4.68 Å². The summed E-state index contributed by atoms with van der Waals surface area (Å²) in [6.45, 7) is 6.02. The summed E-state index contributed by atoms with van der Waals surface area (Å²) in [6.07, 6.45) is 3.95. The molecule has 2 heterocycles. The lowest BCUT2D eigenvalue weighted by Crippen LogP contribution is -2.11. The summed E-state index contributed by atoms with van der Waals surface area (Å²) in [4.78, 5) is 0. The Morgan fingerprint density at radius 2 is 2.33 bits per heavy atom. The number of aromatic nitrogens is 2. The predicted octanol–water partition coefficient (Wildman–Crippen LogP) is 2.83. The molecule has 0 spiro atoms. The minimum Gasteiger partial charge on any atom is -0.378 e. The van der Waals surface area contributed by atoms with E-state index < -0.39 is 0 Å². The quantitative estimate of drug-likeness (QED) is 0.846. The lowest BCUT2D eigenvalue weighted by atomic mass is 10.2. The van der Waals surface area contributed by atoms with Crippen molar-refractivity contribution in [3.8, 4) is 0 Å². The first-order valence-electron chi connectivity index (χ1n) is 5.49. The van der Waals surface area contributed by atoms with Crippen LogP contribution in [0, 0.1) is 13.8 Å². The van der Waals surface area contributed by atoms with Crippen molar-refractivity contribution in [2.24, 2.45) is 0 Å². The molecule has 1 aliphatic heterocycles. The first-order chi connectivity index (χ1) is 7.18. The van der Waals surface area contributed by atoms with Gasteiger partial charge >= 0.3 is 0 Å². The van der Waals surface area contributed by atoms with E-state index in [-0.39, 0.29) is 0 Å². The van der Waals surface area contributed by atoms with E-state index in [0.717, 1.165) is 29.7 Å². The van der Waals surface area contributed by atoms with Crippen LogP contribution in [0.1, 0.15) is 30.7 Å². The van der Waals surface area contributed by atoms with Crippen LogP contribution in [0.3, 0.4) is 0 Å². The van der Waals surface area contributed by atoms with Crippen LogP contribution >= 0.6 is 15.9 Å². The van der Waals surface area contributed by atoms with Gasteiger partial charge in [-0.15, -0.1) is 0 Å². The number of rotatable bonds is 3. The number of halogens is 1. The summed E-state index contributed by atoms with van der Waals surface area (Å²) in [6, 6.07) is 0. The number of ether oxygens (including phenoxy) is 1. The Labute approximate surface area is 98.9 Å². The standard InChI is InChI=1S/C11H17BrN2O/c1-8-11(12)9(2)14(13-8)6-5-10-4-3-7-15-10/h10H,3-7H2,1-2H3. The van der Waals surface area contributed by atoms with E-state index in [9.17, 15) is 0 Å². The van der Waals surface area contributed by atoms with Crippen molar-refractivity contribution in [3.05, 3.63) is 15.9 Å². The van der Waals surface area contributed by atoms with Gasteiger partial charge in [-0.2, -0.15) is 5.10 Å². The Morgan fingerprint density at radius 3 is 2.87 bits per heavy atom. The van der Waals surface area contributed by atoms with Crippen LogP contribution in [-0.2, 0) is 11.3 Å². The number of hydrogen-bond acceptors (Lipinski definition) is 2. The lowest BCUT2D eigenvalue weighted by Gasteiger charge is -2.09. The average molecular weight is 273 g/mol. The molecule has 3 nitrogen and oxygen atoms in total. The first-order valence-corrected chi connectivity index (χ1v) is 6.29. The van der Waals surface area contributed by atoms with Crippen molar-refractivity contribution >= 4 is 15.9 Å². The summed E-state index contributed by atoms with van der Waals surface area (Å²) < 4.78 is 8.80. The van der Waals surface area contributed by atoms with Gasteiger partial charge in [0.05, 0.1) is 16.3 Å². The zero-order valence-corrected chi connectivity index (χ0v) is 10.9. The molecule has 0 saturated carbocycles. The molecule has 1 atom stereocenters. The Kier molecular flexibility index (Phi) is 3.46. The number of aryl methyl sites for hydroxylation is 2. The van der Waals surface area contributed by atoms with Gasteiger partial charge < -0.3 is 4.74 Å². The highest BCUT2D eigenvalue weighted by molar-refractivity contribution is 9.10. The Morgan fingerprint density at radius 1 is 1.53 bits per heavy atom. The molecule has 2 rings (SSSR count). The van der Waals surface area contributed by atoms with Crippen LogP contribution < -0.4 is 0 Å². The largest absolute Gasteiger partial charge is 0.378 e. The third-order valence-electron chi connectivity index (χ3n) is 2.98. The number of hydrogen-bond donors (Lipinski definition) is 0. The van der Waals surface area contributed by atoms with E-state index in [1.165, 1.54) is 18.5 Å². The van der Waals surface area contributed by atoms with E-state index in [1.54, 1.807) is 0 Å². The number of nitrogens with zero attached hydrogens (tertiary/aromatic N) is 2.